The second-order valence-electron chi connectivity index (χ2n) is 6.15. The van der Waals surface area contributed by atoms with Crippen molar-refractivity contribution in [1.29, 1.82) is 0 Å². The van der Waals surface area contributed by atoms with Gasteiger partial charge in [0.15, 0.2) is 0 Å². The first-order valence-electron chi connectivity index (χ1n) is 7.86. The number of rotatable bonds is 3. The first kappa shape index (κ1) is 18.7. The van der Waals surface area contributed by atoms with Gasteiger partial charge in [0.25, 0.3) is 0 Å². The SMILES string of the molecule is Cn1ccn(CC2CCCCC2)[c]1=[Pt].IN(I)C1CCC1. The molecule has 0 unspecified atom stereocenters. The maximum atomic E-state index is 2.41. The van der Waals surface area contributed by atoms with Crippen LogP contribution in [-0.4, -0.2) is 16.5 Å². The van der Waals surface area contributed by atoms with Crippen molar-refractivity contribution in [3.8, 4) is 0 Å². The summed E-state index contributed by atoms with van der Waals surface area (Å²) in [5.74, 6) is 0.921. The molecule has 0 saturated heterocycles. The molecule has 2 aliphatic rings. The molecule has 21 heavy (non-hydrogen) atoms. The number of hydrogen-bond donors (Lipinski definition) is 0. The maximum Gasteiger partial charge on any atom is 0.0311 e. The van der Waals surface area contributed by atoms with Crippen molar-refractivity contribution in [1.82, 2.24) is 10.5 Å². The normalized spacial score (nSPS) is 20.1. The Hall–Kier alpha value is 1.32. The van der Waals surface area contributed by atoms with E-state index in [1.807, 2.05) is 0 Å². The topological polar surface area (TPSA) is 13.1 Å². The minimum atomic E-state index is 0.890. The number of hydrogen-bond acceptors (Lipinski definition) is 1. The molecule has 1 aromatic heterocycles. The summed E-state index contributed by atoms with van der Waals surface area (Å²) in [6, 6.07) is 0.890. The summed E-state index contributed by atoms with van der Waals surface area (Å²) in [6.45, 7) is 1.22. The molecular formula is C15H25I2N3Pt. The van der Waals surface area contributed by atoms with E-state index in [4.69, 9.17) is 0 Å². The zero-order valence-corrected chi connectivity index (χ0v) is 19.2. The molecule has 0 aliphatic heterocycles. The van der Waals surface area contributed by atoms with Gasteiger partial charge in [-0.3, -0.25) is 0 Å². The Balaban J connectivity index is 0.000000194. The van der Waals surface area contributed by atoms with Crippen LogP contribution in [0.4, 0.5) is 0 Å². The van der Waals surface area contributed by atoms with Crippen LogP contribution in [0.2, 0.25) is 0 Å². The Morgan fingerprint density at radius 3 is 2.14 bits per heavy atom. The van der Waals surface area contributed by atoms with Crippen LogP contribution in [0.25, 0.3) is 0 Å². The predicted octanol–water partition coefficient (Wildman–Crippen LogP) is 5.03. The molecule has 3 nitrogen and oxygen atoms in total. The predicted molar refractivity (Wildman–Crippen MR) is 101 cm³/mol. The fraction of sp³-hybridized carbons (Fsp3) is 0.800. The van der Waals surface area contributed by atoms with Gasteiger partial charge >= 0.3 is 96.3 Å². The second-order valence-corrected chi connectivity index (χ2v) is 11.1. The third-order valence-corrected chi connectivity index (χ3v) is 7.52. The monoisotopic (exact) mass is 696 g/mol. The Morgan fingerprint density at radius 2 is 1.76 bits per heavy atom. The van der Waals surface area contributed by atoms with Crippen molar-refractivity contribution in [3.05, 3.63) is 16.2 Å². The molecule has 0 spiro atoms. The van der Waals surface area contributed by atoms with Crippen LogP contribution >= 0.6 is 45.7 Å². The summed E-state index contributed by atoms with van der Waals surface area (Å²) in [4.78, 5) is 0. The molecule has 1 heterocycles. The molecule has 2 saturated carbocycles. The van der Waals surface area contributed by atoms with E-state index in [0.29, 0.717) is 0 Å². The minimum absolute atomic E-state index is 0.890. The van der Waals surface area contributed by atoms with Gasteiger partial charge in [0.2, 0.25) is 0 Å². The van der Waals surface area contributed by atoms with Gasteiger partial charge in [-0.1, -0.05) is 6.42 Å². The van der Waals surface area contributed by atoms with Gasteiger partial charge in [-0.2, -0.15) is 1.33 Å². The van der Waals surface area contributed by atoms with Gasteiger partial charge in [0, 0.05) is 51.8 Å². The molecular weight excluding hydrogens is 671 g/mol. The molecule has 0 radical (unpaired) electrons. The Morgan fingerprint density at radius 1 is 1.10 bits per heavy atom. The summed E-state index contributed by atoms with van der Waals surface area (Å²) in [6.07, 6.45) is 15.8. The van der Waals surface area contributed by atoms with Crippen LogP contribution in [0.5, 0.6) is 0 Å². The summed E-state index contributed by atoms with van der Waals surface area (Å²) < 4.78 is 8.16. The molecule has 6 heteroatoms. The smallest absolute Gasteiger partial charge is 0.0311 e. The van der Waals surface area contributed by atoms with Gasteiger partial charge in [0.05, 0.1) is 0 Å². The quantitative estimate of drug-likeness (QED) is 0.320. The van der Waals surface area contributed by atoms with E-state index in [9.17, 15) is 0 Å². The van der Waals surface area contributed by atoms with E-state index in [1.54, 1.807) is 0 Å². The zero-order valence-electron chi connectivity index (χ0n) is 12.6. The fourth-order valence-corrected chi connectivity index (χ4v) is 4.52. The van der Waals surface area contributed by atoms with Gasteiger partial charge in [-0.25, -0.2) is 0 Å². The average molecular weight is 696 g/mol. The van der Waals surface area contributed by atoms with Crippen molar-refractivity contribution in [2.75, 3.05) is 0 Å². The first-order chi connectivity index (χ1) is 10.1. The van der Waals surface area contributed by atoms with Gasteiger partial charge in [-0.15, -0.1) is 0 Å². The molecule has 1 aromatic rings. The minimum Gasteiger partial charge on any atom is -0.185 e. The van der Waals surface area contributed by atoms with Crippen molar-refractivity contribution in [2.45, 2.75) is 64.0 Å². The summed E-state index contributed by atoms with van der Waals surface area (Å²) in [5, 5.41) is 0. The molecule has 2 aliphatic carbocycles. The number of halogens is 2. The Kier molecular flexibility index (Phi) is 8.50. The maximum absolute atomic E-state index is 2.41. The molecule has 0 atom stereocenters. The molecule has 0 amide bonds. The number of aromatic nitrogens is 2. The molecule has 2 fully saturated rings. The van der Waals surface area contributed by atoms with E-state index >= 15 is 0 Å². The molecule has 0 aromatic carbocycles. The van der Waals surface area contributed by atoms with Crippen molar-refractivity contribution < 1.29 is 19.4 Å². The van der Waals surface area contributed by atoms with Crippen molar-refractivity contribution in [3.63, 3.8) is 0 Å². The van der Waals surface area contributed by atoms with Gasteiger partial charge in [-0.05, 0) is 12.8 Å². The number of imidazole rings is 1. The average Bonchev–Trinajstić information content (AvgIpc) is 2.70. The van der Waals surface area contributed by atoms with Crippen molar-refractivity contribution >= 4 is 45.7 Å². The first-order valence-corrected chi connectivity index (χ1v) is 10.9. The van der Waals surface area contributed by atoms with Crippen LogP contribution in [-0.2, 0) is 32.9 Å². The van der Waals surface area contributed by atoms with Crippen LogP contribution < -0.4 is 0 Å². The van der Waals surface area contributed by atoms with Crippen molar-refractivity contribution in [2.24, 2.45) is 13.0 Å². The molecule has 0 N–H and O–H groups in total. The van der Waals surface area contributed by atoms with E-state index < -0.39 is 0 Å². The number of aryl methyl sites for hydroxylation is 1. The Labute approximate surface area is 167 Å². The van der Waals surface area contributed by atoms with Gasteiger partial charge < -0.3 is 0 Å². The van der Waals surface area contributed by atoms with E-state index in [-0.39, 0.29) is 0 Å². The Bertz CT molecular complexity index is 474. The van der Waals surface area contributed by atoms with E-state index in [2.05, 4.69) is 95.0 Å². The summed E-state index contributed by atoms with van der Waals surface area (Å²) in [7, 11) is 2.11. The largest absolute Gasteiger partial charge is 0.185 e. The third-order valence-electron chi connectivity index (χ3n) is 4.49. The van der Waals surface area contributed by atoms with E-state index in [0.717, 1.165) is 12.0 Å². The molecule has 3 rings (SSSR count). The third kappa shape index (κ3) is 6.03. The summed E-state index contributed by atoms with van der Waals surface area (Å²) >= 11 is 7.08. The van der Waals surface area contributed by atoms with Gasteiger partial charge in [0.1, 0.15) is 0 Å². The fourth-order valence-electron chi connectivity index (χ4n) is 2.86. The summed E-state index contributed by atoms with van der Waals surface area (Å²) in [5.41, 5.74) is 0. The van der Waals surface area contributed by atoms with Crippen LogP contribution in [0, 0.1) is 9.72 Å². The van der Waals surface area contributed by atoms with Crippen LogP contribution in [0.1, 0.15) is 51.4 Å². The number of nitrogens with zero attached hydrogens (tertiary/aromatic N) is 3. The second kappa shape index (κ2) is 9.57. The molecule has 0 bridgehead atoms. The van der Waals surface area contributed by atoms with Crippen LogP contribution in [0.3, 0.4) is 0 Å². The standard InChI is InChI=1S/C11H18N2.C4H7I2N.Pt/c1-12-7-8-13(10-12)9-11-5-3-2-4-6-11;5-7(6)4-2-1-3-4;/h7-8,11H,2-6,9H2,1H3;4H,1-3H2;. The zero-order chi connectivity index (χ0) is 15.2. The van der Waals surface area contributed by atoms with E-state index in [1.165, 1.54) is 61.7 Å². The van der Waals surface area contributed by atoms with Crippen LogP contribution in [0.15, 0.2) is 12.4 Å². The molecule has 124 valence electrons.